The summed E-state index contributed by atoms with van der Waals surface area (Å²) in [5, 5.41) is 0. The SMILES string of the molecule is Cc1cc(C(F)(F)F)ccc1C(N)CS(C)(=O)=O. The van der Waals surface area contributed by atoms with Crippen molar-refractivity contribution in [1.29, 1.82) is 0 Å². The van der Waals surface area contributed by atoms with Gasteiger partial charge in [-0.15, -0.1) is 0 Å². The highest BCUT2D eigenvalue weighted by atomic mass is 32.2. The molecule has 0 heterocycles. The first-order chi connectivity index (χ1) is 8.00. The van der Waals surface area contributed by atoms with Gasteiger partial charge in [0.15, 0.2) is 0 Å². The average molecular weight is 281 g/mol. The van der Waals surface area contributed by atoms with Crippen LogP contribution >= 0.6 is 0 Å². The summed E-state index contributed by atoms with van der Waals surface area (Å²) in [6.45, 7) is 1.48. The predicted molar refractivity (Wildman–Crippen MR) is 62.8 cm³/mol. The average Bonchev–Trinajstić information content (AvgIpc) is 2.12. The van der Waals surface area contributed by atoms with E-state index in [9.17, 15) is 21.6 Å². The van der Waals surface area contributed by atoms with E-state index in [2.05, 4.69) is 0 Å². The Morgan fingerprint density at radius 3 is 2.28 bits per heavy atom. The van der Waals surface area contributed by atoms with Crippen LogP contribution in [0.4, 0.5) is 13.2 Å². The largest absolute Gasteiger partial charge is 0.416 e. The van der Waals surface area contributed by atoms with E-state index >= 15 is 0 Å². The smallest absolute Gasteiger partial charge is 0.323 e. The van der Waals surface area contributed by atoms with Crippen molar-refractivity contribution in [1.82, 2.24) is 0 Å². The molecule has 1 unspecified atom stereocenters. The van der Waals surface area contributed by atoms with Gasteiger partial charge in [0.1, 0.15) is 9.84 Å². The van der Waals surface area contributed by atoms with Gasteiger partial charge in [-0.25, -0.2) is 8.42 Å². The van der Waals surface area contributed by atoms with Crippen LogP contribution in [-0.4, -0.2) is 20.4 Å². The first-order valence-corrected chi connectivity index (χ1v) is 7.18. The van der Waals surface area contributed by atoms with Crippen LogP contribution in [0.25, 0.3) is 0 Å². The van der Waals surface area contributed by atoms with Crippen molar-refractivity contribution in [2.45, 2.75) is 19.1 Å². The highest BCUT2D eigenvalue weighted by Crippen LogP contribution is 2.31. The van der Waals surface area contributed by atoms with Gasteiger partial charge in [0.2, 0.25) is 0 Å². The summed E-state index contributed by atoms with van der Waals surface area (Å²) in [6, 6.07) is 2.29. The number of nitrogens with two attached hydrogens (primary N) is 1. The summed E-state index contributed by atoms with van der Waals surface area (Å²) in [7, 11) is -3.27. The summed E-state index contributed by atoms with van der Waals surface area (Å²) in [4.78, 5) is 0. The highest BCUT2D eigenvalue weighted by molar-refractivity contribution is 7.90. The molecule has 0 bridgehead atoms. The van der Waals surface area contributed by atoms with Crippen LogP contribution in [-0.2, 0) is 16.0 Å². The Hall–Kier alpha value is -1.08. The molecule has 0 aliphatic rings. The molecule has 1 atom stereocenters. The van der Waals surface area contributed by atoms with Gasteiger partial charge in [-0.2, -0.15) is 13.2 Å². The molecule has 0 saturated heterocycles. The second-order valence-electron chi connectivity index (χ2n) is 4.27. The Kier molecular flexibility index (Phi) is 4.07. The van der Waals surface area contributed by atoms with Crippen molar-refractivity contribution in [2.24, 2.45) is 5.73 Å². The number of alkyl halides is 3. The first kappa shape index (κ1) is 15.0. The Morgan fingerprint density at radius 1 is 1.33 bits per heavy atom. The fraction of sp³-hybridized carbons (Fsp3) is 0.455. The van der Waals surface area contributed by atoms with Crippen LogP contribution in [0.5, 0.6) is 0 Å². The van der Waals surface area contributed by atoms with Gasteiger partial charge in [-0.3, -0.25) is 0 Å². The molecule has 0 radical (unpaired) electrons. The van der Waals surface area contributed by atoms with Gasteiger partial charge in [0.05, 0.1) is 11.3 Å². The van der Waals surface area contributed by atoms with E-state index < -0.39 is 27.6 Å². The van der Waals surface area contributed by atoms with Crippen LogP contribution in [0.1, 0.15) is 22.7 Å². The maximum absolute atomic E-state index is 12.4. The van der Waals surface area contributed by atoms with Crippen molar-refractivity contribution in [3.05, 3.63) is 34.9 Å². The lowest BCUT2D eigenvalue weighted by Crippen LogP contribution is -2.22. The molecule has 0 spiro atoms. The minimum atomic E-state index is -4.41. The number of hydrogen-bond acceptors (Lipinski definition) is 3. The number of aryl methyl sites for hydroxylation is 1. The van der Waals surface area contributed by atoms with Crippen molar-refractivity contribution < 1.29 is 21.6 Å². The lowest BCUT2D eigenvalue weighted by atomic mass is 10.0. The number of sulfone groups is 1. The van der Waals surface area contributed by atoms with Crippen molar-refractivity contribution >= 4 is 9.84 Å². The summed E-state index contributed by atoms with van der Waals surface area (Å²) < 4.78 is 59.5. The lowest BCUT2D eigenvalue weighted by Gasteiger charge is -2.16. The summed E-state index contributed by atoms with van der Waals surface area (Å²) >= 11 is 0. The van der Waals surface area contributed by atoms with Crippen molar-refractivity contribution in [2.75, 3.05) is 12.0 Å². The van der Waals surface area contributed by atoms with E-state index in [0.29, 0.717) is 11.1 Å². The monoisotopic (exact) mass is 281 g/mol. The molecule has 1 aromatic carbocycles. The zero-order valence-corrected chi connectivity index (χ0v) is 10.8. The quantitative estimate of drug-likeness (QED) is 0.922. The van der Waals surface area contributed by atoms with Crippen LogP contribution in [0.2, 0.25) is 0 Å². The number of halogens is 3. The fourth-order valence-electron chi connectivity index (χ4n) is 1.68. The zero-order valence-electron chi connectivity index (χ0n) is 9.95. The number of rotatable bonds is 3. The topological polar surface area (TPSA) is 60.2 Å². The Bertz CT molecular complexity index is 538. The Labute approximate surface area is 104 Å². The molecule has 0 amide bonds. The number of hydrogen-bond donors (Lipinski definition) is 1. The third-order valence-electron chi connectivity index (χ3n) is 2.48. The van der Waals surface area contributed by atoms with E-state index in [1.807, 2.05) is 0 Å². The summed E-state index contributed by atoms with van der Waals surface area (Å²) in [6.07, 6.45) is -3.38. The molecular formula is C11H14F3NO2S. The standard InChI is InChI=1S/C11H14F3NO2S/c1-7-5-8(11(12,13)14)3-4-9(7)10(15)6-18(2,16)17/h3-5,10H,6,15H2,1-2H3. The zero-order chi connectivity index (χ0) is 14.1. The lowest BCUT2D eigenvalue weighted by molar-refractivity contribution is -0.137. The molecule has 0 aliphatic carbocycles. The van der Waals surface area contributed by atoms with Gasteiger partial charge in [0.25, 0.3) is 0 Å². The van der Waals surface area contributed by atoms with Crippen LogP contribution in [0, 0.1) is 6.92 Å². The number of benzene rings is 1. The van der Waals surface area contributed by atoms with Crippen molar-refractivity contribution in [3.8, 4) is 0 Å². The fourth-order valence-corrected chi connectivity index (χ4v) is 2.52. The molecule has 102 valence electrons. The summed E-state index contributed by atoms with van der Waals surface area (Å²) in [5.74, 6) is -0.292. The van der Waals surface area contributed by atoms with E-state index in [4.69, 9.17) is 5.73 Å². The second kappa shape index (κ2) is 4.89. The molecule has 18 heavy (non-hydrogen) atoms. The minimum Gasteiger partial charge on any atom is -0.323 e. The van der Waals surface area contributed by atoms with Gasteiger partial charge in [-0.1, -0.05) is 6.07 Å². The van der Waals surface area contributed by atoms with Crippen molar-refractivity contribution in [3.63, 3.8) is 0 Å². The van der Waals surface area contributed by atoms with E-state index in [1.54, 1.807) is 0 Å². The molecule has 3 nitrogen and oxygen atoms in total. The van der Waals surface area contributed by atoms with Crippen LogP contribution < -0.4 is 5.73 Å². The Morgan fingerprint density at radius 2 is 1.89 bits per heavy atom. The van der Waals surface area contributed by atoms with Crippen LogP contribution in [0.15, 0.2) is 18.2 Å². The predicted octanol–water partition coefficient (Wildman–Crippen LogP) is 2.06. The molecule has 1 aromatic rings. The molecule has 1 rings (SSSR count). The van der Waals surface area contributed by atoms with Gasteiger partial charge < -0.3 is 5.73 Å². The minimum absolute atomic E-state index is 0.292. The van der Waals surface area contributed by atoms with E-state index in [-0.39, 0.29) is 5.75 Å². The molecule has 0 aromatic heterocycles. The van der Waals surface area contributed by atoms with E-state index in [0.717, 1.165) is 18.4 Å². The normalized spacial score (nSPS) is 14.6. The maximum atomic E-state index is 12.4. The van der Waals surface area contributed by atoms with Crippen LogP contribution in [0.3, 0.4) is 0 Å². The first-order valence-electron chi connectivity index (χ1n) is 5.12. The van der Waals surface area contributed by atoms with Gasteiger partial charge >= 0.3 is 6.18 Å². The van der Waals surface area contributed by atoms with Gasteiger partial charge in [-0.05, 0) is 30.2 Å². The summed E-state index contributed by atoms with van der Waals surface area (Å²) in [5.41, 5.74) is 5.66. The molecule has 0 saturated carbocycles. The molecule has 7 heteroatoms. The Balaban J connectivity index is 3.07. The molecule has 0 aliphatic heterocycles. The highest BCUT2D eigenvalue weighted by Gasteiger charge is 2.31. The van der Waals surface area contributed by atoms with Gasteiger partial charge in [0, 0.05) is 12.3 Å². The van der Waals surface area contributed by atoms with E-state index in [1.165, 1.54) is 13.0 Å². The molecule has 0 fully saturated rings. The third kappa shape index (κ3) is 3.99. The third-order valence-corrected chi connectivity index (χ3v) is 3.44. The molecule has 2 N–H and O–H groups in total. The second-order valence-corrected chi connectivity index (χ2v) is 6.45. The molecular weight excluding hydrogens is 267 g/mol. The maximum Gasteiger partial charge on any atom is 0.416 e.